The molecular formula is C12H13FN2O5. The quantitative estimate of drug-likeness (QED) is 0.624. The van der Waals surface area contributed by atoms with Gasteiger partial charge < -0.3 is 10.2 Å². The van der Waals surface area contributed by atoms with Crippen LogP contribution in [0.2, 0.25) is 0 Å². The summed E-state index contributed by atoms with van der Waals surface area (Å²) in [6, 6.07) is 2.61. The van der Waals surface area contributed by atoms with E-state index in [0.29, 0.717) is 5.56 Å². The molecule has 0 saturated carbocycles. The van der Waals surface area contributed by atoms with Crippen LogP contribution in [0.5, 0.6) is 0 Å². The van der Waals surface area contributed by atoms with Gasteiger partial charge in [-0.3, -0.25) is 19.8 Å². The number of aliphatic hydroxyl groups excluding tert-OH is 1. The van der Waals surface area contributed by atoms with Crippen molar-refractivity contribution in [1.82, 2.24) is 4.90 Å². The predicted molar refractivity (Wildman–Crippen MR) is 65.5 cm³/mol. The molecule has 2 atom stereocenters. The number of likely N-dealkylation sites (tertiary alicyclic amines) is 1. The first kappa shape index (κ1) is 14.4. The standard InChI is InChI=1S/C12H13FN2O5/c13-9-3-7(1-2-10(9)15(19)20)5-14-6-8(16)4-11(14)12(17)18/h1-3,8,11,16H,4-6H2,(H,17,18). The number of aliphatic hydroxyl groups is 1. The average Bonchev–Trinajstić information content (AvgIpc) is 2.70. The summed E-state index contributed by atoms with van der Waals surface area (Å²) < 4.78 is 13.5. The Morgan fingerprint density at radius 1 is 1.55 bits per heavy atom. The molecule has 7 nitrogen and oxygen atoms in total. The van der Waals surface area contributed by atoms with Crippen LogP contribution in [0.4, 0.5) is 10.1 Å². The Kier molecular flexibility index (Phi) is 3.96. The van der Waals surface area contributed by atoms with E-state index < -0.39 is 34.5 Å². The predicted octanol–water partition coefficient (Wildman–Crippen LogP) is 0.754. The molecule has 1 fully saturated rings. The third-order valence-corrected chi connectivity index (χ3v) is 3.26. The number of carboxylic acids is 1. The van der Waals surface area contributed by atoms with Crippen molar-refractivity contribution in [3.63, 3.8) is 0 Å². The maximum Gasteiger partial charge on any atom is 0.321 e. The summed E-state index contributed by atoms with van der Waals surface area (Å²) >= 11 is 0. The van der Waals surface area contributed by atoms with Crippen molar-refractivity contribution in [2.45, 2.75) is 25.1 Å². The summed E-state index contributed by atoms with van der Waals surface area (Å²) in [4.78, 5) is 22.2. The lowest BCUT2D eigenvalue weighted by molar-refractivity contribution is -0.387. The number of nitro benzene ring substituents is 1. The third kappa shape index (κ3) is 2.91. The van der Waals surface area contributed by atoms with Crippen molar-refractivity contribution >= 4 is 11.7 Å². The molecule has 0 spiro atoms. The summed E-state index contributed by atoms with van der Waals surface area (Å²) in [5, 5.41) is 29.0. The SMILES string of the molecule is O=C(O)C1CC(O)CN1Cc1ccc([N+](=O)[O-])c(F)c1. The van der Waals surface area contributed by atoms with E-state index in [4.69, 9.17) is 5.11 Å². The highest BCUT2D eigenvalue weighted by atomic mass is 19.1. The maximum absolute atomic E-state index is 13.5. The molecule has 1 aromatic carbocycles. The van der Waals surface area contributed by atoms with E-state index in [1.54, 1.807) is 0 Å². The van der Waals surface area contributed by atoms with Gasteiger partial charge in [-0.15, -0.1) is 0 Å². The van der Waals surface area contributed by atoms with Crippen molar-refractivity contribution in [3.05, 3.63) is 39.7 Å². The van der Waals surface area contributed by atoms with Crippen LogP contribution in [0.1, 0.15) is 12.0 Å². The summed E-state index contributed by atoms with van der Waals surface area (Å²) in [5.41, 5.74) is -0.196. The number of aliphatic carboxylic acids is 1. The zero-order valence-corrected chi connectivity index (χ0v) is 10.4. The van der Waals surface area contributed by atoms with Crippen LogP contribution in [0.25, 0.3) is 0 Å². The lowest BCUT2D eigenvalue weighted by Crippen LogP contribution is -2.35. The number of hydrogen-bond acceptors (Lipinski definition) is 5. The summed E-state index contributed by atoms with van der Waals surface area (Å²) in [6.07, 6.45) is -0.621. The van der Waals surface area contributed by atoms with Crippen LogP contribution in [-0.2, 0) is 11.3 Å². The van der Waals surface area contributed by atoms with Crippen LogP contribution >= 0.6 is 0 Å². The third-order valence-electron chi connectivity index (χ3n) is 3.26. The molecule has 1 aliphatic heterocycles. The highest BCUT2D eigenvalue weighted by Crippen LogP contribution is 2.23. The topological polar surface area (TPSA) is 104 Å². The lowest BCUT2D eigenvalue weighted by Gasteiger charge is -2.20. The maximum atomic E-state index is 13.5. The van der Waals surface area contributed by atoms with Crippen LogP contribution in [-0.4, -0.2) is 44.7 Å². The number of carboxylic acid groups (broad SMARTS) is 1. The average molecular weight is 284 g/mol. The van der Waals surface area contributed by atoms with E-state index in [-0.39, 0.29) is 19.5 Å². The second kappa shape index (κ2) is 5.51. The zero-order valence-electron chi connectivity index (χ0n) is 10.4. The van der Waals surface area contributed by atoms with Crippen LogP contribution in [0, 0.1) is 15.9 Å². The van der Waals surface area contributed by atoms with Crippen molar-refractivity contribution in [2.75, 3.05) is 6.54 Å². The summed E-state index contributed by atoms with van der Waals surface area (Å²) in [5.74, 6) is -2.01. The molecule has 0 radical (unpaired) electrons. The van der Waals surface area contributed by atoms with Crippen LogP contribution in [0.15, 0.2) is 18.2 Å². The van der Waals surface area contributed by atoms with Gasteiger partial charge in [0.15, 0.2) is 0 Å². The van der Waals surface area contributed by atoms with Gasteiger partial charge in [0.2, 0.25) is 5.82 Å². The normalized spacial score (nSPS) is 22.9. The largest absolute Gasteiger partial charge is 0.480 e. The molecule has 2 rings (SSSR count). The number of nitro groups is 1. The van der Waals surface area contributed by atoms with Gasteiger partial charge >= 0.3 is 11.7 Å². The second-order valence-electron chi connectivity index (χ2n) is 4.72. The first-order chi connectivity index (χ1) is 9.38. The summed E-state index contributed by atoms with van der Waals surface area (Å²) in [7, 11) is 0. The van der Waals surface area contributed by atoms with Crippen LogP contribution in [0.3, 0.4) is 0 Å². The lowest BCUT2D eigenvalue weighted by atomic mass is 10.1. The molecule has 2 N–H and O–H groups in total. The number of rotatable bonds is 4. The molecule has 1 aliphatic rings. The first-order valence-corrected chi connectivity index (χ1v) is 5.96. The smallest absolute Gasteiger partial charge is 0.321 e. The molecular weight excluding hydrogens is 271 g/mol. The molecule has 1 saturated heterocycles. The summed E-state index contributed by atoms with van der Waals surface area (Å²) in [6.45, 7) is 0.290. The van der Waals surface area contributed by atoms with Crippen LogP contribution < -0.4 is 0 Å². The fourth-order valence-corrected chi connectivity index (χ4v) is 2.34. The number of carbonyl (C=O) groups is 1. The van der Waals surface area contributed by atoms with Gasteiger partial charge in [-0.25, -0.2) is 0 Å². The Morgan fingerprint density at radius 3 is 2.80 bits per heavy atom. The van der Waals surface area contributed by atoms with E-state index in [9.17, 15) is 24.4 Å². The molecule has 1 heterocycles. The molecule has 1 aromatic rings. The zero-order chi connectivity index (χ0) is 14.9. The van der Waals surface area contributed by atoms with E-state index in [1.165, 1.54) is 11.0 Å². The first-order valence-electron chi connectivity index (χ1n) is 5.96. The second-order valence-corrected chi connectivity index (χ2v) is 4.72. The Balaban J connectivity index is 2.15. The monoisotopic (exact) mass is 284 g/mol. The Bertz CT molecular complexity index is 551. The minimum atomic E-state index is -1.05. The fourth-order valence-electron chi connectivity index (χ4n) is 2.34. The van der Waals surface area contributed by atoms with E-state index in [2.05, 4.69) is 0 Å². The van der Waals surface area contributed by atoms with Gasteiger partial charge in [0.25, 0.3) is 0 Å². The molecule has 20 heavy (non-hydrogen) atoms. The van der Waals surface area contributed by atoms with Crippen molar-refractivity contribution in [2.24, 2.45) is 0 Å². The number of hydrogen-bond donors (Lipinski definition) is 2. The van der Waals surface area contributed by atoms with E-state index in [1.807, 2.05) is 0 Å². The van der Waals surface area contributed by atoms with Crippen molar-refractivity contribution in [3.8, 4) is 0 Å². The molecule has 2 unspecified atom stereocenters. The number of β-amino-alcohol motifs (C(OH)–C–C–N with tert-alkyl or cyclic N) is 1. The Labute approximate surface area is 113 Å². The fraction of sp³-hybridized carbons (Fsp3) is 0.417. The highest BCUT2D eigenvalue weighted by molar-refractivity contribution is 5.74. The Morgan fingerprint density at radius 2 is 2.25 bits per heavy atom. The number of nitrogens with zero attached hydrogens (tertiary/aromatic N) is 2. The van der Waals surface area contributed by atoms with E-state index >= 15 is 0 Å². The molecule has 0 amide bonds. The van der Waals surface area contributed by atoms with Crippen molar-refractivity contribution in [1.29, 1.82) is 0 Å². The minimum absolute atomic E-state index is 0.114. The Hall–Kier alpha value is -2.06. The van der Waals surface area contributed by atoms with Gasteiger partial charge in [-0.2, -0.15) is 4.39 Å². The van der Waals surface area contributed by atoms with Gasteiger partial charge in [-0.05, 0) is 11.6 Å². The van der Waals surface area contributed by atoms with Gasteiger partial charge in [0, 0.05) is 25.6 Å². The number of benzene rings is 1. The van der Waals surface area contributed by atoms with Gasteiger partial charge in [-0.1, -0.05) is 6.07 Å². The molecule has 0 aliphatic carbocycles. The van der Waals surface area contributed by atoms with Gasteiger partial charge in [0.05, 0.1) is 11.0 Å². The minimum Gasteiger partial charge on any atom is -0.480 e. The molecule has 0 bridgehead atoms. The van der Waals surface area contributed by atoms with Crippen molar-refractivity contribution < 1.29 is 24.3 Å². The molecule has 108 valence electrons. The number of halogens is 1. The molecule has 0 aromatic heterocycles. The highest BCUT2D eigenvalue weighted by Gasteiger charge is 2.35. The van der Waals surface area contributed by atoms with E-state index in [0.717, 1.165) is 12.1 Å². The van der Waals surface area contributed by atoms with Gasteiger partial charge in [0.1, 0.15) is 6.04 Å². The molecule has 8 heteroatoms.